The molecule has 0 unspecified atom stereocenters. The van der Waals surface area contributed by atoms with Gasteiger partial charge in [0.2, 0.25) is 0 Å². The highest BCUT2D eigenvalue weighted by Gasteiger charge is 2.24. The summed E-state index contributed by atoms with van der Waals surface area (Å²) in [5.41, 5.74) is 1.26. The Morgan fingerprint density at radius 2 is 2.04 bits per heavy atom. The van der Waals surface area contributed by atoms with Gasteiger partial charge in [-0.15, -0.1) is 0 Å². The fourth-order valence-electron chi connectivity index (χ4n) is 3.22. The number of methoxy groups -OCH3 is 1. The van der Waals surface area contributed by atoms with E-state index in [0.717, 1.165) is 50.1 Å². The lowest BCUT2D eigenvalue weighted by Crippen LogP contribution is -2.40. The summed E-state index contributed by atoms with van der Waals surface area (Å²) in [6.45, 7) is 6.09. The molecule has 1 amide bonds. The minimum Gasteiger partial charge on any atom is -0.390 e. The number of piperidine rings is 1. The number of carbonyl (C=O) groups excluding carboxylic acids is 1. The molecule has 1 aliphatic heterocycles. The van der Waals surface area contributed by atoms with Crippen LogP contribution in [0.3, 0.4) is 0 Å². The molecule has 0 saturated carbocycles. The third kappa shape index (κ3) is 5.91. The zero-order valence-corrected chi connectivity index (χ0v) is 15.3. The normalized spacial score (nSPS) is 18.7. The standard InChI is InChI=1S/C20H31NO3/c1-20(2,23)12-10-16-6-8-18(9-7-16)19(22)21-13-4-5-17(15-21)11-14-24-3/h6-9,17,23H,4-5,10-15H2,1-3H3/t17-/m1/s1. The van der Waals surface area contributed by atoms with Crippen LogP contribution in [-0.2, 0) is 11.2 Å². The van der Waals surface area contributed by atoms with Crippen LogP contribution >= 0.6 is 0 Å². The number of ether oxygens (including phenoxy) is 1. The molecule has 0 radical (unpaired) electrons. The number of nitrogens with zero attached hydrogens (tertiary/aromatic N) is 1. The molecule has 0 bridgehead atoms. The number of hydrogen-bond acceptors (Lipinski definition) is 3. The van der Waals surface area contributed by atoms with Gasteiger partial charge in [-0.05, 0) is 69.6 Å². The number of hydrogen-bond donors (Lipinski definition) is 1. The molecule has 24 heavy (non-hydrogen) atoms. The molecule has 1 N–H and O–H groups in total. The molecule has 0 aromatic heterocycles. The van der Waals surface area contributed by atoms with Gasteiger partial charge in [0, 0.05) is 32.4 Å². The van der Waals surface area contributed by atoms with Gasteiger partial charge in [0.25, 0.3) is 5.91 Å². The van der Waals surface area contributed by atoms with Crippen LogP contribution in [0.25, 0.3) is 0 Å². The van der Waals surface area contributed by atoms with E-state index in [0.29, 0.717) is 12.3 Å². The van der Waals surface area contributed by atoms with E-state index >= 15 is 0 Å². The van der Waals surface area contributed by atoms with Crippen LogP contribution in [0.4, 0.5) is 0 Å². The molecule has 0 aliphatic carbocycles. The van der Waals surface area contributed by atoms with Crippen LogP contribution in [-0.4, -0.2) is 48.3 Å². The summed E-state index contributed by atoms with van der Waals surface area (Å²) in [6, 6.07) is 7.85. The van der Waals surface area contributed by atoms with Crippen LogP contribution in [0.1, 0.15) is 55.5 Å². The molecule has 1 heterocycles. The van der Waals surface area contributed by atoms with Gasteiger partial charge in [0.15, 0.2) is 0 Å². The molecule has 1 atom stereocenters. The number of aryl methyl sites for hydroxylation is 1. The first kappa shape index (κ1) is 18.9. The van der Waals surface area contributed by atoms with Crippen LogP contribution in [0.5, 0.6) is 0 Å². The Morgan fingerprint density at radius 3 is 2.67 bits per heavy atom. The second kappa shape index (κ2) is 8.63. The minimum atomic E-state index is -0.653. The van der Waals surface area contributed by atoms with Crippen LogP contribution in [0.2, 0.25) is 0 Å². The number of benzene rings is 1. The third-order valence-corrected chi connectivity index (χ3v) is 4.76. The first-order valence-electron chi connectivity index (χ1n) is 8.98. The Balaban J connectivity index is 1.92. The fourth-order valence-corrected chi connectivity index (χ4v) is 3.22. The quantitative estimate of drug-likeness (QED) is 0.833. The van der Waals surface area contributed by atoms with Crippen molar-refractivity contribution in [1.82, 2.24) is 4.90 Å². The predicted octanol–water partition coefficient (Wildman–Crippen LogP) is 3.28. The lowest BCUT2D eigenvalue weighted by atomic mass is 9.94. The number of aliphatic hydroxyl groups is 1. The zero-order valence-electron chi connectivity index (χ0n) is 15.3. The second-order valence-electron chi connectivity index (χ2n) is 7.55. The predicted molar refractivity (Wildman–Crippen MR) is 96.2 cm³/mol. The van der Waals surface area contributed by atoms with Crippen molar-refractivity contribution in [3.05, 3.63) is 35.4 Å². The molecule has 4 heteroatoms. The van der Waals surface area contributed by atoms with E-state index in [1.165, 1.54) is 6.42 Å². The van der Waals surface area contributed by atoms with Gasteiger partial charge in [-0.25, -0.2) is 0 Å². The topological polar surface area (TPSA) is 49.8 Å². The van der Waals surface area contributed by atoms with Crippen molar-refractivity contribution in [2.24, 2.45) is 5.92 Å². The molecule has 2 rings (SSSR count). The van der Waals surface area contributed by atoms with Crippen molar-refractivity contribution in [3.8, 4) is 0 Å². The summed E-state index contributed by atoms with van der Waals surface area (Å²) in [4.78, 5) is 14.7. The minimum absolute atomic E-state index is 0.131. The third-order valence-electron chi connectivity index (χ3n) is 4.76. The van der Waals surface area contributed by atoms with E-state index in [9.17, 15) is 9.90 Å². The Morgan fingerprint density at radius 1 is 1.33 bits per heavy atom. The second-order valence-corrected chi connectivity index (χ2v) is 7.55. The maximum absolute atomic E-state index is 12.7. The highest BCUT2D eigenvalue weighted by Crippen LogP contribution is 2.22. The van der Waals surface area contributed by atoms with Crippen molar-refractivity contribution in [2.45, 2.75) is 51.6 Å². The van der Waals surface area contributed by atoms with Crippen molar-refractivity contribution in [1.29, 1.82) is 0 Å². The molecule has 0 spiro atoms. The van der Waals surface area contributed by atoms with Crippen LogP contribution in [0.15, 0.2) is 24.3 Å². The summed E-state index contributed by atoms with van der Waals surface area (Å²) in [5.74, 6) is 0.680. The van der Waals surface area contributed by atoms with Gasteiger partial charge >= 0.3 is 0 Å². The van der Waals surface area contributed by atoms with E-state index in [1.807, 2.05) is 43.0 Å². The smallest absolute Gasteiger partial charge is 0.253 e. The van der Waals surface area contributed by atoms with Gasteiger partial charge in [0.1, 0.15) is 0 Å². The van der Waals surface area contributed by atoms with Gasteiger partial charge in [-0.2, -0.15) is 0 Å². The molecule has 1 fully saturated rings. The lowest BCUT2D eigenvalue weighted by molar-refractivity contribution is 0.0641. The summed E-state index contributed by atoms with van der Waals surface area (Å²) < 4.78 is 5.16. The van der Waals surface area contributed by atoms with E-state index < -0.39 is 5.60 Å². The Kier molecular flexibility index (Phi) is 6.81. The number of carbonyl (C=O) groups is 1. The molecule has 1 aliphatic rings. The highest BCUT2D eigenvalue weighted by molar-refractivity contribution is 5.94. The van der Waals surface area contributed by atoms with E-state index in [2.05, 4.69) is 0 Å². The van der Waals surface area contributed by atoms with Gasteiger partial charge in [-0.3, -0.25) is 4.79 Å². The number of amides is 1. The van der Waals surface area contributed by atoms with Crippen LogP contribution < -0.4 is 0 Å². The number of rotatable bonds is 7. The highest BCUT2D eigenvalue weighted by atomic mass is 16.5. The van der Waals surface area contributed by atoms with Gasteiger partial charge in [0.05, 0.1) is 5.60 Å². The molecule has 134 valence electrons. The SMILES string of the molecule is COCC[C@H]1CCCN(C(=O)c2ccc(CCC(C)(C)O)cc2)C1. The maximum atomic E-state index is 12.7. The van der Waals surface area contributed by atoms with Crippen molar-refractivity contribution in [3.63, 3.8) is 0 Å². The molecular weight excluding hydrogens is 302 g/mol. The average molecular weight is 333 g/mol. The van der Waals surface area contributed by atoms with Crippen molar-refractivity contribution in [2.75, 3.05) is 26.8 Å². The van der Waals surface area contributed by atoms with Crippen molar-refractivity contribution >= 4 is 5.91 Å². The first-order valence-corrected chi connectivity index (χ1v) is 8.98. The molecule has 1 saturated heterocycles. The van der Waals surface area contributed by atoms with Gasteiger partial charge in [-0.1, -0.05) is 12.1 Å². The summed E-state index contributed by atoms with van der Waals surface area (Å²) in [7, 11) is 1.73. The largest absolute Gasteiger partial charge is 0.390 e. The summed E-state index contributed by atoms with van der Waals surface area (Å²) in [6.07, 6.45) is 4.82. The first-order chi connectivity index (χ1) is 11.4. The van der Waals surface area contributed by atoms with E-state index in [4.69, 9.17) is 4.74 Å². The zero-order chi connectivity index (χ0) is 17.6. The molecule has 4 nitrogen and oxygen atoms in total. The lowest BCUT2D eigenvalue weighted by Gasteiger charge is -2.32. The molecule has 1 aromatic carbocycles. The van der Waals surface area contributed by atoms with Crippen molar-refractivity contribution < 1.29 is 14.6 Å². The average Bonchev–Trinajstić information content (AvgIpc) is 2.57. The Hall–Kier alpha value is -1.39. The summed E-state index contributed by atoms with van der Waals surface area (Å²) in [5, 5.41) is 9.81. The Labute approximate surface area is 145 Å². The Bertz CT molecular complexity index is 519. The van der Waals surface area contributed by atoms with Crippen LogP contribution in [0, 0.1) is 5.92 Å². The van der Waals surface area contributed by atoms with Gasteiger partial charge < -0.3 is 14.7 Å². The monoisotopic (exact) mass is 333 g/mol. The van der Waals surface area contributed by atoms with E-state index in [1.54, 1.807) is 7.11 Å². The number of likely N-dealkylation sites (tertiary alicyclic amines) is 1. The molecule has 1 aromatic rings. The van der Waals surface area contributed by atoms with E-state index in [-0.39, 0.29) is 5.91 Å². The fraction of sp³-hybridized carbons (Fsp3) is 0.650. The summed E-state index contributed by atoms with van der Waals surface area (Å²) >= 11 is 0. The maximum Gasteiger partial charge on any atom is 0.253 e. The molecular formula is C20H31NO3.